The highest BCUT2D eigenvalue weighted by Gasteiger charge is 2.15. The number of benzene rings is 1. The maximum absolute atomic E-state index is 12.0. The van der Waals surface area contributed by atoms with Crippen LogP contribution in [0.1, 0.15) is 27.2 Å². The van der Waals surface area contributed by atoms with Crippen molar-refractivity contribution in [2.45, 2.75) is 19.5 Å². The van der Waals surface area contributed by atoms with Crippen LogP contribution in [0.5, 0.6) is 0 Å². The van der Waals surface area contributed by atoms with E-state index in [0.717, 1.165) is 26.1 Å². The Morgan fingerprint density at radius 3 is 2.91 bits per heavy atom. The molecule has 0 fully saturated rings. The van der Waals surface area contributed by atoms with Crippen molar-refractivity contribution in [1.29, 1.82) is 0 Å². The summed E-state index contributed by atoms with van der Waals surface area (Å²) in [5, 5.41) is 2.93. The van der Waals surface area contributed by atoms with E-state index in [4.69, 9.17) is 10.2 Å². The van der Waals surface area contributed by atoms with Crippen molar-refractivity contribution in [2.75, 3.05) is 19.6 Å². The Morgan fingerprint density at radius 2 is 2.14 bits per heavy atom. The van der Waals surface area contributed by atoms with Gasteiger partial charge in [-0.2, -0.15) is 0 Å². The van der Waals surface area contributed by atoms with E-state index in [2.05, 4.69) is 34.5 Å². The zero-order valence-electron chi connectivity index (χ0n) is 12.5. The second-order valence-corrected chi connectivity index (χ2v) is 5.56. The van der Waals surface area contributed by atoms with Gasteiger partial charge in [-0.25, -0.2) is 0 Å². The van der Waals surface area contributed by atoms with Crippen LogP contribution < -0.4 is 11.1 Å². The maximum atomic E-state index is 12.0. The summed E-state index contributed by atoms with van der Waals surface area (Å²) in [4.78, 5) is 14.3. The molecule has 2 aromatic rings. The van der Waals surface area contributed by atoms with E-state index in [0.29, 0.717) is 24.4 Å². The van der Waals surface area contributed by atoms with Crippen molar-refractivity contribution in [3.63, 3.8) is 0 Å². The molecule has 1 aliphatic heterocycles. The summed E-state index contributed by atoms with van der Waals surface area (Å²) in [7, 11) is 0. The minimum atomic E-state index is -0.110. The summed E-state index contributed by atoms with van der Waals surface area (Å²) < 4.78 is 5.17. The standard InChI is InChI=1S/C17H21N3O2/c18-10-16-9-15(12-22-16)17(21)19-6-8-20-7-5-13-3-1-2-4-14(13)11-20/h1-4,9,12H,5-8,10-11,18H2,(H,19,21). The third kappa shape index (κ3) is 3.37. The molecule has 0 radical (unpaired) electrons. The number of carbonyl (C=O) groups is 1. The molecule has 1 aromatic carbocycles. The second-order valence-electron chi connectivity index (χ2n) is 5.56. The Morgan fingerprint density at radius 1 is 1.32 bits per heavy atom. The van der Waals surface area contributed by atoms with Gasteiger partial charge in [0.15, 0.2) is 0 Å². The Kier molecular flexibility index (Phi) is 4.56. The number of amides is 1. The number of hydrogen-bond donors (Lipinski definition) is 2. The van der Waals surface area contributed by atoms with Gasteiger partial charge in [-0.1, -0.05) is 24.3 Å². The van der Waals surface area contributed by atoms with Crippen LogP contribution in [-0.2, 0) is 19.5 Å². The largest absolute Gasteiger partial charge is 0.467 e. The monoisotopic (exact) mass is 299 g/mol. The van der Waals surface area contributed by atoms with Gasteiger partial charge in [0.2, 0.25) is 0 Å². The van der Waals surface area contributed by atoms with Gasteiger partial charge in [-0.15, -0.1) is 0 Å². The lowest BCUT2D eigenvalue weighted by Gasteiger charge is -2.28. The molecule has 0 bridgehead atoms. The van der Waals surface area contributed by atoms with E-state index >= 15 is 0 Å². The smallest absolute Gasteiger partial charge is 0.254 e. The SMILES string of the molecule is NCc1cc(C(=O)NCCN2CCc3ccccc3C2)co1. The molecule has 3 N–H and O–H groups in total. The Bertz CT molecular complexity index is 651. The molecule has 5 nitrogen and oxygen atoms in total. The predicted octanol–water partition coefficient (Wildman–Crippen LogP) is 1.53. The summed E-state index contributed by atoms with van der Waals surface area (Å²) >= 11 is 0. The second kappa shape index (κ2) is 6.77. The predicted molar refractivity (Wildman–Crippen MR) is 84.4 cm³/mol. The van der Waals surface area contributed by atoms with Gasteiger partial charge in [-0.3, -0.25) is 9.69 Å². The molecule has 22 heavy (non-hydrogen) atoms. The van der Waals surface area contributed by atoms with Gasteiger partial charge >= 0.3 is 0 Å². The third-order valence-corrected chi connectivity index (χ3v) is 4.04. The van der Waals surface area contributed by atoms with E-state index < -0.39 is 0 Å². The van der Waals surface area contributed by atoms with Crippen LogP contribution in [0.3, 0.4) is 0 Å². The number of rotatable bonds is 5. The first-order valence-corrected chi connectivity index (χ1v) is 7.61. The van der Waals surface area contributed by atoms with E-state index in [1.807, 2.05) is 0 Å². The highest BCUT2D eigenvalue weighted by Crippen LogP contribution is 2.17. The molecule has 2 heterocycles. The molecular formula is C17H21N3O2. The lowest BCUT2D eigenvalue weighted by molar-refractivity contribution is 0.0946. The fourth-order valence-corrected chi connectivity index (χ4v) is 2.78. The van der Waals surface area contributed by atoms with E-state index in [1.165, 1.54) is 17.4 Å². The molecule has 1 aliphatic rings. The van der Waals surface area contributed by atoms with E-state index in [1.54, 1.807) is 6.07 Å². The van der Waals surface area contributed by atoms with Crippen molar-refractivity contribution in [3.05, 3.63) is 59.0 Å². The molecule has 0 aliphatic carbocycles. The fourth-order valence-electron chi connectivity index (χ4n) is 2.78. The average molecular weight is 299 g/mol. The van der Waals surface area contributed by atoms with Crippen LogP contribution in [-0.4, -0.2) is 30.4 Å². The lowest BCUT2D eigenvalue weighted by atomic mass is 10.00. The number of nitrogens with two attached hydrogens (primary N) is 1. The normalized spacial score (nSPS) is 14.6. The summed E-state index contributed by atoms with van der Waals surface area (Å²) in [5.41, 5.74) is 8.83. The molecule has 116 valence electrons. The quantitative estimate of drug-likeness (QED) is 0.878. The molecule has 0 saturated carbocycles. The van der Waals surface area contributed by atoms with Crippen molar-refractivity contribution >= 4 is 5.91 Å². The van der Waals surface area contributed by atoms with Gasteiger partial charge in [-0.05, 0) is 23.6 Å². The number of nitrogens with one attached hydrogen (secondary N) is 1. The van der Waals surface area contributed by atoms with Crippen molar-refractivity contribution in [1.82, 2.24) is 10.2 Å². The summed E-state index contributed by atoms with van der Waals surface area (Å²) in [6, 6.07) is 10.2. The summed E-state index contributed by atoms with van der Waals surface area (Å²) in [6.45, 7) is 3.78. The highest BCUT2D eigenvalue weighted by atomic mass is 16.3. The van der Waals surface area contributed by atoms with Crippen LogP contribution >= 0.6 is 0 Å². The molecule has 5 heteroatoms. The third-order valence-electron chi connectivity index (χ3n) is 4.04. The number of carbonyl (C=O) groups excluding carboxylic acids is 1. The summed E-state index contributed by atoms with van der Waals surface area (Å²) in [6.07, 6.45) is 2.53. The number of fused-ring (bicyclic) bond motifs is 1. The molecule has 0 saturated heterocycles. The van der Waals surface area contributed by atoms with Crippen molar-refractivity contribution in [2.24, 2.45) is 5.73 Å². The maximum Gasteiger partial charge on any atom is 0.254 e. The Labute approximate surface area is 130 Å². The number of hydrogen-bond acceptors (Lipinski definition) is 4. The molecule has 1 amide bonds. The molecule has 0 spiro atoms. The first-order valence-electron chi connectivity index (χ1n) is 7.61. The highest BCUT2D eigenvalue weighted by molar-refractivity contribution is 5.93. The minimum Gasteiger partial charge on any atom is -0.467 e. The zero-order valence-corrected chi connectivity index (χ0v) is 12.5. The van der Waals surface area contributed by atoms with Gasteiger partial charge in [0.05, 0.1) is 12.1 Å². The van der Waals surface area contributed by atoms with E-state index in [-0.39, 0.29) is 5.91 Å². The van der Waals surface area contributed by atoms with Crippen LogP contribution in [0.4, 0.5) is 0 Å². The number of furan rings is 1. The molecule has 0 atom stereocenters. The molecular weight excluding hydrogens is 278 g/mol. The zero-order chi connectivity index (χ0) is 15.4. The van der Waals surface area contributed by atoms with Crippen LogP contribution in [0, 0.1) is 0 Å². The van der Waals surface area contributed by atoms with Crippen molar-refractivity contribution < 1.29 is 9.21 Å². The first kappa shape index (κ1) is 14.8. The molecule has 0 unspecified atom stereocenters. The molecule has 3 rings (SSSR count). The Balaban J connectivity index is 1.47. The van der Waals surface area contributed by atoms with E-state index in [9.17, 15) is 4.79 Å². The van der Waals surface area contributed by atoms with Crippen LogP contribution in [0.25, 0.3) is 0 Å². The summed E-state index contributed by atoms with van der Waals surface area (Å²) in [5.74, 6) is 0.513. The number of nitrogens with zero attached hydrogens (tertiary/aromatic N) is 1. The van der Waals surface area contributed by atoms with Gasteiger partial charge in [0.1, 0.15) is 12.0 Å². The van der Waals surface area contributed by atoms with Gasteiger partial charge in [0.25, 0.3) is 5.91 Å². The minimum absolute atomic E-state index is 0.110. The van der Waals surface area contributed by atoms with Crippen LogP contribution in [0.2, 0.25) is 0 Å². The van der Waals surface area contributed by atoms with Gasteiger partial charge < -0.3 is 15.5 Å². The Hall–Kier alpha value is -2.11. The fraction of sp³-hybridized carbons (Fsp3) is 0.353. The van der Waals surface area contributed by atoms with Gasteiger partial charge in [0, 0.05) is 26.2 Å². The molecule has 1 aromatic heterocycles. The topological polar surface area (TPSA) is 71.5 Å². The van der Waals surface area contributed by atoms with Crippen LogP contribution in [0.15, 0.2) is 41.0 Å². The lowest BCUT2D eigenvalue weighted by Crippen LogP contribution is -2.37. The average Bonchev–Trinajstić information content (AvgIpc) is 3.04. The first-order chi connectivity index (χ1) is 10.8. The van der Waals surface area contributed by atoms with Crippen molar-refractivity contribution in [3.8, 4) is 0 Å².